The van der Waals surface area contributed by atoms with Crippen LogP contribution in [0, 0.1) is 0 Å². The number of carbonyl (C=O) groups excluding carboxylic acids is 1. The maximum absolute atomic E-state index is 10.5. The highest BCUT2D eigenvalue weighted by molar-refractivity contribution is 5.92. The first kappa shape index (κ1) is 6.60. The van der Waals surface area contributed by atoms with Crippen LogP contribution in [-0.2, 0) is 0 Å². The molecule has 1 amide bonds. The van der Waals surface area contributed by atoms with Gasteiger partial charge in [-0.15, -0.1) is 0 Å². The predicted molar refractivity (Wildman–Crippen MR) is 31.6 cm³/mol. The third kappa shape index (κ3) is 0.928. The summed E-state index contributed by atoms with van der Waals surface area (Å²) in [5.74, 6) is -0.613. The van der Waals surface area contributed by atoms with Gasteiger partial charge in [-0.3, -0.25) is 4.79 Å². The molecule has 0 aliphatic rings. The molecule has 5 heteroatoms. The van der Waals surface area contributed by atoms with E-state index in [4.69, 9.17) is 5.73 Å². The Bertz CT molecular complexity index is 243. The van der Waals surface area contributed by atoms with Gasteiger partial charge in [-0.1, -0.05) is 0 Å². The Kier molecular flexibility index (Phi) is 1.57. The van der Waals surface area contributed by atoms with E-state index in [1.807, 2.05) is 0 Å². The van der Waals surface area contributed by atoms with Crippen molar-refractivity contribution in [1.82, 2.24) is 4.98 Å². The van der Waals surface area contributed by atoms with Crippen LogP contribution in [0.15, 0.2) is 10.8 Å². The van der Waals surface area contributed by atoms with Gasteiger partial charge in [0.05, 0.1) is 7.11 Å². The molecule has 5 nitrogen and oxygen atoms in total. The van der Waals surface area contributed by atoms with Gasteiger partial charge in [0.15, 0.2) is 6.39 Å². The molecule has 0 aliphatic heterocycles. The summed E-state index contributed by atoms with van der Waals surface area (Å²) >= 11 is 0. The molecule has 1 heterocycles. The van der Waals surface area contributed by atoms with Gasteiger partial charge < -0.3 is 14.9 Å². The number of rotatable bonds is 2. The van der Waals surface area contributed by atoms with Gasteiger partial charge in [0.2, 0.25) is 5.69 Å². The van der Waals surface area contributed by atoms with E-state index in [9.17, 15) is 4.79 Å². The maximum Gasteiger partial charge on any atom is 0.318 e. The molecule has 0 unspecified atom stereocenters. The van der Waals surface area contributed by atoms with Crippen LogP contribution in [0.1, 0.15) is 10.5 Å². The quantitative estimate of drug-likeness (QED) is 0.619. The summed E-state index contributed by atoms with van der Waals surface area (Å²) in [6, 6.07) is 0. The van der Waals surface area contributed by atoms with E-state index in [0.29, 0.717) is 0 Å². The second kappa shape index (κ2) is 2.38. The number of aromatic nitrogens is 1. The number of amides is 1. The first-order chi connectivity index (χ1) is 4.75. The molecule has 2 N–H and O–H groups in total. The van der Waals surface area contributed by atoms with Crippen LogP contribution < -0.4 is 10.5 Å². The number of primary amides is 1. The zero-order valence-corrected chi connectivity index (χ0v) is 5.33. The number of methoxy groups -OCH3 is 1. The third-order valence-corrected chi connectivity index (χ3v) is 0.954. The van der Waals surface area contributed by atoms with E-state index >= 15 is 0 Å². The SMILES string of the molecule is COc1ocnc1C(N)=O. The van der Waals surface area contributed by atoms with Crippen molar-refractivity contribution in [2.24, 2.45) is 5.73 Å². The molecule has 0 saturated heterocycles. The highest BCUT2D eigenvalue weighted by Crippen LogP contribution is 2.13. The van der Waals surface area contributed by atoms with Gasteiger partial charge in [0, 0.05) is 0 Å². The highest BCUT2D eigenvalue weighted by atomic mass is 16.6. The van der Waals surface area contributed by atoms with Crippen LogP contribution in [0.2, 0.25) is 0 Å². The van der Waals surface area contributed by atoms with Crippen molar-refractivity contribution in [3.05, 3.63) is 12.1 Å². The van der Waals surface area contributed by atoms with Gasteiger partial charge in [-0.2, -0.15) is 0 Å². The first-order valence-corrected chi connectivity index (χ1v) is 2.53. The molecule has 1 rings (SSSR count). The fourth-order valence-electron chi connectivity index (χ4n) is 0.544. The molecule has 0 fully saturated rings. The summed E-state index contributed by atoms with van der Waals surface area (Å²) < 4.78 is 9.26. The largest absolute Gasteiger partial charge is 0.467 e. The number of oxazole rings is 1. The fraction of sp³-hybridized carbons (Fsp3) is 0.200. The van der Waals surface area contributed by atoms with Gasteiger partial charge in [0.25, 0.3) is 5.91 Å². The highest BCUT2D eigenvalue weighted by Gasteiger charge is 2.12. The molecule has 0 radical (unpaired) electrons. The molecular formula is C5H6N2O3. The molecule has 0 bridgehead atoms. The Hall–Kier alpha value is -1.52. The summed E-state index contributed by atoms with van der Waals surface area (Å²) in [6.07, 6.45) is 1.10. The Balaban J connectivity index is 3.01. The molecule has 0 spiro atoms. The summed E-state index contributed by atoms with van der Waals surface area (Å²) in [6.45, 7) is 0. The number of nitrogens with zero attached hydrogens (tertiary/aromatic N) is 1. The summed E-state index contributed by atoms with van der Waals surface area (Å²) in [4.78, 5) is 14.0. The minimum absolute atomic E-state index is 0.0162. The van der Waals surface area contributed by atoms with Crippen LogP contribution in [0.5, 0.6) is 5.95 Å². The van der Waals surface area contributed by atoms with Crippen LogP contribution in [-0.4, -0.2) is 18.0 Å². The summed E-state index contributed by atoms with van der Waals surface area (Å²) in [5.41, 5.74) is 4.91. The van der Waals surface area contributed by atoms with Crippen molar-refractivity contribution in [3.8, 4) is 5.95 Å². The van der Waals surface area contributed by atoms with E-state index in [-0.39, 0.29) is 11.6 Å². The Labute approximate surface area is 56.8 Å². The smallest absolute Gasteiger partial charge is 0.318 e. The third-order valence-electron chi connectivity index (χ3n) is 0.954. The average Bonchev–Trinajstić information content (AvgIpc) is 2.33. The van der Waals surface area contributed by atoms with E-state index in [1.54, 1.807) is 0 Å². The van der Waals surface area contributed by atoms with Crippen LogP contribution in [0.25, 0.3) is 0 Å². The Morgan fingerprint density at radius 2 is 2.60 bits per heavy atom. The van der Waals surface area contributed by atoms with Crippen molar-refractivity contribution in [2.75, 3.05) is 7.11 Å². The lowest BCUT2D eigenvalue weighted by atomic mass is 10.4. The van der Waals surface area contributed by atoms with Gasteiger partial charge in [0.1, 0.15) is 0 Å². The summed E-state index contributed by atoms with van der Waals surface area (Å²) in [7, 11) is 1.37. The zero-order chi connectivity index (χ0) is 7.56. The molecule has 10 heavy (non-hydrogen) atoms. The lowest BCUT2D eigenvalue weighted by Crippen LogP contribution is -2.12. The number of nitrogens with two attached hydrogens (primary N) is 1. The molecule has 1 aromatic rings. The van der Waals surface area contributed by atoms with Gasteiger partial charge >= 0.3 is 5.95 Å². The van der Waals surface area contributed by atoms with Crippen LogP contribution >= 0.6 is 0 Å². The van der Waals surface area contributed by atoms with Crippen molar-refractivity contribution in [1.29, 1.82) is 0 Å². The van der Waals surface area contributed by atoms with Crippen LogP contribution in [0.3, 0.4) is 0 Å². The first-order valence-electron chi connectivity index (χ1n) is 2.53. The van der Waals surface area contributed by atoms with E-state index < -0.39 is 5.91 Å². The monoisotopic (exact) mass is 142 g/mol. The van der Waals surface area contributed by atoms with E-state index in [2.05, 4.69) is 14.1 Å². The van der Waals surface area contributed by atoms with Crippen molar-refractivity contribution in [2.45, 2.75) is 0 Å². The number of ether oxygens (including phenoxy) is 1. The second-order valence-electron chi connectivity index (χ2n) is 1.56. The van der Waals surface area contributed by atoms with Crippen molar-refractivity contribution >= 4 is 5.91 Å². The molecule has 0 atom stereocenters. The molecule has 0 saturated carbocycles. The fourth-order valence-corrected chi connectivity index (χ4v) is 0.544. The molecule has 0 aromatic carbocycles. The second-order valence-corrected chi connectivity index (χ2v) is 1.56. The number of carbonyl (C=O) groups is 1. The minimum Gasteiger partial charge on any atom is -0.467 e. The number of hydrogen-bond acceptors (Lipinski definition) is 4. The lowest BCUT2D eigenvalue weighted by molar-refractivity contribution is 0.0991. The Morgan fingerprint density at radius 1 is 1.90 bits per heavy atom. The maximum atomic E-state index is 10.5. The van der Waals surface area contributed by atoms with E-state index in [1.165, 1.54) is 7.11 Å². The lowest BCUT2D eigenvalue weighted by Gasteiger charge is -1.91. The van der Waals surface area contributed by atoms with Gasteiger partial charge in [-0.05, 0) is 0 Å². The molecule has 0 aliphatic carbocycles. The molecule has 54 valence electrons. The normalized spacial score (nSPS) is 9.30. The topological polar surface area (TPSA) is 78.3 Å². The van der Waals surface area contributed by atoms with E-state index in [0.717, 1.165) is 6.39 Å². The standard InChI is InChI=1S/C5H6N2O3/c1-9-5-3(4(6)8)7-2-10-5/h2H,1H3,(H2,6,8). The van der Waals surface area contributed by atoms with Crippen molar-refractivity contribution in [3.63, 3.8) is 0 Å². The summed E-state index contributed by atoms with van der Waals surface area (Å²) in [5, 5.41) is 0. The predicted octanol–water partition coefficient (Wildman–Crippen LogP) is -0.218. The zero-order valence-electron chi connectivity index (χ0n) is 5.33. The van der Waals surface area contributed by atoms with Gasteiger partial charge in [-0.25, -0.2) is 4.98 Å². The van der Waals surface area contributed by atoms with Crippen molar-refractivity contribution < 1.29 is 13.9 Å². The average molecular weight is 142 g/mol. The molecular weight excluding hydrogens is 136 g/mol. The molecule has 1 aromatic heterocycles. The number of hydrogen-bond donors (Lipinski definition) is 1. The Morgan fingerprint density at radius 3 is 3.00 bits per heavy atom. The minimum atomic E-state index is -0.661. The van der Waals surface area contributed by atoms with Crippen LogP contribution in [0.4, 0.5) is 0 Å².